The van der Waals surface area contributed by atoms with Gasteiger partial charge in [0.2, 0.25) is 0 Å². The third-order valence-corrected chi connectivity index (χ3v) is 12.3. The molecule has 0 fully saturated rings. The van der Waals surface area contributed by atoms with Crippen molar-refractivity contribution < 1.29 is 28.6 Å². The number of carbonyl (C=O) groups is 3. The lowest BCUT2D eigenvalue weighted by Crippen LogP contribution is -2.30. The smallest absolute Gasteiger partial charge is 0.309 e. The number of unbranched alkanes of at least 4 members (excludes halogenated alkanes) is 31. The van der Waals surface area contributed by atoms with E-state index >= 15 is 0 Å². The van der Waals surface area contributed by atoms with Gasteiger partial charge in [0.25, 0.3) is 0 Å². The first-order chi connectivity index (χ1) is 32.5. The molecule has 0 aliphatic rings. The monoisotopic (exact) mass is 923 g/mol. The molecule has 0 radical (unpaired) electrons. The van der Waals surface area contributed by atoms with Gasteiger partial charge in [-0.2, -0.15) is 0 Å². The summed E-state index contributed by atoms with van der Waals surface area (Å²) in [6.45, 7) is 6.47. The molecule has 0 aromatic rings. The second kappa shape index (κ2) is 54.7. The van der Waals surface area contributed by atoms with Gasteiger partial charge in [-0.3, -0.25) is 14.4 Å². The molecule has 6 nitrogen and oxygen atoms in total. The van der Waals surface area contributed by atoms with Gasteiger partial charge in [-0.1, -0.05) is 281 Å². The average Bonchev–Trinajstić information content (AvgIpc) is 3.31. The summed E-state index contributed by atoms with van der Waals surface area (Å²) in [4.78, 5) is 38.0. The summed E-state index contributed by atoms with van der Waals surface area (Å²) in [6.07, 6.45) is 68.1. The highest BCUT2D eigenvalue weighted by atomic mass is 16.6. The van der Waals surface area contributed by atoms with E-state index in [0.717, 1.165) is 70.6 Å². The number of hydrogen-bond donors (Lipinski definition) is 0. The van der Waals surface area contributed by atoms with E-state index in [1.807, 2.05) is 6.08 Å². The average molecular weight is 924 g/mol. The molecule has 6 heteroatoms. The number of hydrogen-bond acceptors (Lipinski definition) is 6. The van der Waals surface area contributed by atoms with Gasteiger partial charge in [-0.15, -0.1) is 0 Å². The van der Waals surface area contributed by atoms with E-state index in [4.69, 9.17) is 14.2 Å². The Bertz CT molecular complexity index is 1200. The molecule has 382 valence electrons. The maximum Gasteiger partial charge on any atom is 0.309 e. The molecule has 0 aromatic heterocycles. The fourth-order valence-electron chi connectivity index (χ4n) is 8.11. The Labute approximate surface area is 409 Å². The fourth-order valence-corrected chi connectivity index (χ4v) is 8.11. The van der Waals surface area contributed by atoms with Crippen LogP contribution in [-0.2, 0) is 28.6 Å². The van der Waals surface area contributed by atoms with Crippen molar-refractivity contribution in [3.8, 4) is 0 Å². The molecule has 0 N–H and O–H groups in total. The highest BCUT2D eigenvalue weighted by molar-refractivity contribution is 5.72. The van der Waals surface area contributed by atoms with Crippen molar-refractivity contribution >= 4 is 17.9 Å². The Morgan fingerprint density at radius 3 is 0.924 bits per heavy atom. The van der Waals surface area contributed by atoms with Gasteiger partial charge >= 0.3 is 17.9 Å². The Morgan fingerprint density at radius 1 is 0.318 bits per heavy atom. The second-order valence-corrected chi connectivity index (χ2v) is 18.9. The lowest BCUT2D eigenvalue weighted by Gasteiger charge is -2.18. The summed E-state index contributed by atoms with van der Waals surface area (Å²) in [6, 6.07) is 0. The van der Waals surface area contributed by atoms with E-state index in [-0.39, 0.29) is 31.6 Å². The minimum atomic E-state index is -0.810. The third-order valence-electron chi connectivity index (χ3n) is 12.3. The van der Waals surface area contributed by atoms with Gasteiger partial charge in [0.15, 0.2) is 6.10 Å². The number of allylic oxidation sites excluding steroid dienone is 9. The van der Waals surface area contributed by atoms with E-state index in [1.54, 1.807) is 6.08 Å². The molecule has 0 heterocycles. The van der Waals surface area contributed by atoms with Crippen LogP contribution in [0.25, 0.3) is 0 Å². The van der Waals surface area contributed by atoms with Crippen molar-refractivity contribution in [1.82, 2.24) is 0 Å². The Balaban J connectivity index is 4.44. The van der Waals surface area contributed by atoms with Crippen LogP contribution in [0, 0.1) is 0 Å². The van der Waals surface area contributed by atoms with Gasteiger partial charge < -0.3 is 14.2 Å². The summed E-state index contributed by atoms with van der Waals surface area (Å²) >= 11 is 0. The first kappa shape index (κ1) is 63.1. The summed E-state index contributed by atoms with van der Waals surface area (Å²) < 4.78 is 16.8. The first-order valence-electron chi connectivity index (χ1n) is 28.3. The minimum Gasteiger partial charge on any atom is -0.462 e. The van der Waals surface area contributed by atoms with Crippen LogP contribution in [0.15, 0.2) is 60.8 Å². The van der Waals surface area contributed by atoms with Crippen LogP contribution >= 0.6 is 0 Å². The standard InChI is InChI=1S/C60H106O6/c1-4-7-10-13-16-19-22-25-28-30-33-35-38-41-44-47-50-53-59(62)65-56-57(55-64-58(61)52-49-46-43-40-37-34-31-27-24-21-18-15-12-9-6-3)66-60(63)54-51-48-45-42-39-36-32-29-26-23-20-17-14-11-8-5-2/h9,12,18,21,27,31,37,40,46,49,57H,4-8,10-11,13-17,19-20,22-26,28-30,32-36,38-39,41-45,47-48,50-56H2,1-3H3/b12-9-,21-18-,31-27-,40-37-,49-46-. The van der Waals surface area contributed by atoms with Crippen LogP contribution in [0.2, 0.25) is 0 Å². The molecule has 0 spiro atoms. The van der Waals surface area contributed by atoms with E-state index in [9.17, 15) is 14.4 Å². The topological polar surface area (TPSA) is 78.9 Å². The van der Waals surface area contributed by atoms with Crippen molar-refractivity contribution in [2.75, 3.05) is 13.2 Å². The Morgan fingerprint density at radius 2 is 0.591 bits per heavy atom. The molecule has 1 atom stereocenters. The van der Waals surface area contributed by atoms with Crippen molar-refractivity contribution in [1.29, 1.82) is 0 Å². The van der Waals surface area contributed by atoms with Crippen LogP contribution < -0.4 is 0 Å². The maximum absolute atomic E-state index is 12.8. The summed E-state index contributed by atoms with van der Waals surface area (Å²) in [5.74, 6) is -1.02. The number of carbonyl (C=O) groups excluding carboxylic acids is 3. The van der Waals surface area contributed by atoms with Gasteiger partial charge in [0, 0.05) is 12.8 Å². The molecule has 0 aliphatic carbocycles. The molecule has 0 aliphatic heterocycles. The quantitative estimate of drug-likeness (QED) is 0.0262. The number of rotatable bonds is 51. The van der Waals surface area contributed by atoms with Crippen molar-refractivity contribution in [2.24, 2.45) is 0 Å². The van der Waals surface area contributed by atoms with Gasteiger partial charge in [0.1, 0.15) is 13.2 Å². The van der Waals surface area contributed by atoms with Crippen LogP contribution in [0.5, 0.6) is 0 Å². The molecule has 0 rings (SSSR count). The Hall–Kier alpha value is -2.89. The predicted octanol–water partition coefficient (Wildman–Crippen LogP) is 18.8. The zero-order chi connectivity index (χ0) is 47.9. The lowest BCUT2D eigenvalue weighted by atomic mass is 10.0. The van der Waals surface area contributed by atoms with Gasteiger partial charge in [-0.05, 0) is 44.9 Å². The molecule has 0 saturated heterocycles. The van der Waals surface area contributed by atoms with Crippen LogP contribution in [-0.4, -0.2) is 37.2 Å². The molecular weight excluding hydrogens is 817 g/mol. The van der Waals surface area contributed by atoms with Crippen LogP contribution in [0.1, 0.15) is 284 Å². The number of esters is 3. The van der Waals surface area contributed by atoms with Gasteiger partial charge in [0.05, 0.1) is 6.42 Å². The molecule has 0 bridgehead atoms. The predicted molar refractivity (Wildman–Crippen MR) is 284 cm³/mol. The highest BCUT2D eigenvalue weighted by Crippen LogP contribution is 2.17. The normalized spacial score (nSPS) is 12.5. The van der Waals surface area contributed by atoms with Crippen molar-refractivity contribution in [3.05, 3.63) is 60.8 Å². The van der Waals surface area contributed by atoms with E-state index in [1.165, 1.54) is 173 Å². The van der Waals surface area contributed by atoms with Crippen LogP contribution in [0.4, 0.5) is 0 Å². The Kier molecular flexibility index (Phi) is 52.3. The second-order valence-electron chi connectivity index (χ2n) is 18.9. The van der Waals surface area contributed by atoms with Crippen LogP contribution in [0.3, 0.4) is 0 Å². The molecule has 1 unspecified atom stereocenters. The molecule has 0 aromatic carbocycles. The lowest BCUT2D eigenvalue weighted by molar-refractivity contribution is -0.166. The number of ether oxygens (including phenoxy) is 3. The first-order valence-corrected chi connectivity index (χ1v) is 28.3. The molecular formula is C60H106O6. The van der Waals surface area contributed by atoms with Gasteiger partial charge in [-0.25, -0.2) is 0 Å². The maximum atomic E-state index is 12.8. The van der Waals surface area contributed by atoms with Crippen molar-refractivity contribution in [2.45, 2.75) is 290 Å². The zero-order valence-electron chi connectivity index (χ0n) is 43.7. The zero-order valence-corrected chi connectivity index (χ0v) is 43.7. The largest absolute Gasteiger partial charge is 0.462 e. The van der Waals surface area contributed by atoms with E-state index in [2.05, 4.69) is 69.4 Å². The van der Waals surface area contributed by atoms with E-state index < -0.39 is 12.1 Å². The minimum absolute atomic E-state index is 0.0998. The van der Waals surface area contributed by atoms with Crippen molar-refractivity contribution in [3.63, 3.8) is 0 Å². The fraction of sp³-hybridized carbons (Fsp3) is 0.783. The summed E-state index contributed by atoms with van der Waals surface area (Å²) in [7, 11) is 0. The molecule has 0 saturated carbocycles. The SMILES string of the molecule is CC/C=C\C/C=C\C/C=C\C/C=C\C/C=C\CC(=O)OCC(COC(=O)CCCCCCCCCCCCCCCCCCC)OC(=O)CCCCCCCCCCCCCCCCCC. The summed E-state index contributed by atoms with van der Waals surface area (Å²) in [5.41, 5.74) is 0. The third kappa shape index (κ3) is 52.1. The highest BCUT2D eigenvalue weighted by Gasteiger charge is 2.19. The molecule has 0 amide bonds. The molecule has 66 heavy (non-hydrogen) atoms. The van der Waals surface area contributed by atoms with E-state index in [0.29, 0.717) is 12.8 Å². The summed E-state index contributed by atoms with van der Waals surface area (Å²) in [5, 5.41) is 0.